The number of nitrogens with zero attached hydrogens (tertiary/aromatic N) is 3. The average molecular weight is 277 g/mol. The molecule has 0 N–H and O–H groups in total. The first kappa shape index (κ1) is 16.9. The summed E-state index contributed by atoms with van der Waals surface area (Å²) in [7, 11) is 0. The van der Waals surface area contributed by atoms with Gasteiger partial charge in [-0.15, -0.1) is 0 Å². The number of anilines is 1. The first-order valence-corrected chi connectivity index (χ1v) is 8.35. The number of unbranched alkanes of at least 4 members (excludes halogenated alkanes) is 1. The summed E-state index contributed by atoms with van der Waals surface area (Å²) in [5, 5.41) is 0. The molecule has 20 heavy (non-hydrogen) atoms. The van der Waals surface area contributed by atoms with Crippen molar-refractivity contribution in [2.75, 3.05) is 11.4 Å². The van der Waals surface area contributed by atoms with Crippen LogP contribution in [0.15, 0.2) is 12.3 Å². The first-order chi connectivity index (χ1) is 9.76. The van der Waals surface area contributed by atoms with Crippen molar-refractivity contribution in [1.29, 1.82) is 0 Å². The van der Waals surface area contributed by atoms with Crippen molar-refractivity contribution in [3.05, 3.63) is 18.1 Å². The Balaban J connectivity index is 2.94. The molecule has 0 amide bonds. The normalized spacial score (nSPS) is 11.1. The number of hydrogen-bond donors (Lipinski definition) is 0. The molecular formula is C17H31N3. The van der Waals surface area contributed by atoms with E-state index in [0.29, 0.717) is 6.04 Å². The van der Waals surface area contributed by atoms with Crippen LogP contribution in [0, 0.1) is 0 Å². The summed E-state index contributed by atoms with van der Waals surface area (Å²) in [5.41, 5.74) is 0. The topological polar surface area (TPSA) is 29.0 Å². The van der Waals surface area contributed by atoms with Gasteiger partial charge in [-0.05, 0) is 25.3 Å². The molecule has 0 aliphatic carbocycles. The molecule has 0 aliphatic heterocycles. The van der Waals surface area contributed by atoms with E-state index >= 15 is 0 Å². The minimum atomic E-state index is 0.621. The van der Waals surface area contributed by atoms with Gasteiger partial charge in [-0.3, -0.25) is 0 Å². The van der Waals surface area contributed by atoms with E-state index in [9.17, 15) is 0 Å². The molecule has 0 aliphatic rings. The molecule has 0 aromatic carbocycles. The highest BCUT2D eigenvalue weighted by molar-refractivity contribution is 5.39. The lowest BCUT2D eigenvalue weighted by Crippen LogP contribution is -2.37. The van der Waals surface area contributed by atoms with Gasteiger partial charge in [0.05, 0.1) is 0 Å². The fourth-order valence-electron chi connectivity index (χ4n) is 2.65. The summed E-state index contributed by atoms with van der Waals surface area (Å²) in [6.07, 6.45) is 10.3. The second-order valence-corrected chi connectivity index (χ2v) is 5.46. The number of aromatic nitrogens is 2. The summed E-state index contributed by atoms with van der Waals surface area (Å²) in [6, 6.07) is 2.70. The summed E-state index contributed by atoms with van der Waals surface area (Å²) in [6.45, 7) is 10.0. The van der Waals surface area contributed by atoms with Crippen LogP contribution >= 0.6 is 0 Å². The molecule has 0 atom stereocenters. The van der Waals surface area contributed by atoms with Gasteiger partial charge < -0.3 is 4.90 Å². The van der Waals surface area contributed by atoms with Crippen LogP contribution in [0.3, 0.4) is 0 Å². The summed E-state index contributed by atoms with van der Waals surface area (Å²) in [5.74, 6) is 2.08. The Morgan fingerprint density at radius 3 is 2.30 bits per heavy atom. The molecule has 1 rings (SSSR count). The van der Waals surface area contributed by atoms with Crippen LogP contribution in [0.2, 0.25) is 0 Å². The minimum Gasteiger partial charge on any atom is -0.354 e. The smallest absolute Gasteiger partial charge is 0.132 e. The fourth-order valence-corrected chi connectivity index (χ4v) is 2.65. The lowest BCUT2D eigenvalue weighted by atomic mass is 10.0. The molecule has 114 valence electrons. The Morgan fingerprint density at radius 1 is 1.05 bits per heavy atom. The van der Waals surface area contributed by atoms with Crippen LogP contribution in [-0.4, -0.2) is 22.6 Å². The van der Waals surface area contributed by atoms with Gasteiger partial charge in [0.1, 0.15) is 11.6 Å². The van der Waals surface area contributed by atoms with Crippen LogP contribution in [0.5, 0.6) is 0 Å². The van der Waals surface area contributed by atoms with Gasteiger partial charge in [-0.25, -0.2) is 9.97 Å². The van der Waals surface area contributed by atoms with Gasteiger partial charge >= 0.3 is 0 Å². The zero-order valence-corrected chi connectivity index (χ0v) is 13.7. The molecule has 1 aromatic rings. The summed E-state index contributed by atoms with van der Waals surface area (Å²) in [4.78, 5) is 11.6. The molecule has 0 spiro atoms. The number of rotatable bonds is 10. The quantitative estimate of drug-likeness (QED) is 0.625. The maximum absolute atomic E-state index is 4.74. The zero-order chi connectivity index (χ0) is 14.8. The van der Waals surface area contributed by atoms with Crippen molar-refractivity contribution in [1.82, 2.24) is 9.97 Å². The van der Waals surface area contributed by atoms with Crippen LogP contribution in [0.25, 0.3) is 0 Å². The lowest BCUT2D eigenvalue weighted by molar-refractivity contribution is 0.492. The molecule has 0 unspecified atom stereocenters. The van der Waals surface area contributed by atoms with Crippen molar-refractivity contribution in [3.63, 3.8) is 0 Å². The maximum atomic E-state index is 4.74. The van der Waals surface area contributed by atoms with Crippen molar-refractivity contribution in [2.24, 2.45) is 0 Å². The molecule has 3 nitrogen and oxygen atoms in total. The van der Waals surface area contributed by atoms with Gasteiger partial charge in [0, 0.05) is 25.2 Å². The third-order valence-electron chi connectivity index (χ3n) is 3.74. The minimum absolute atomic E-state index is 0.621. The van der Waals surface area contributed by atoms with Crippen LogP contribution < -0.4 is 4.90 Å². The van der Waals surface area contributed by atoms with E-state index in [2.05, 4.69) is 43.6 Å². The predicted molar refractivity (Wildman–Crippen MR) is 87.3 cm³/mol. The Hall–Kier alpha value is -1.12. The van der Waals surface area contributed by atoms with E-state index in [4.69, 9.17) is 4.98 Å². The summed E-state index contributed by atoms with van der Waals surface area (Å²) >= 11 is 0. The predicted octanol–water partition coefficient (Wildman–Crippen LogP) is 4.61. The van der Waals surface area contributed by atoms with Crippen LogP contribution in [-0.2, 0) is 6.42 Å². The van der Waals surface area contributed by atoms with E-state index in [-0.39, 0.29) is 0 Å². The van der Waals surface area contributed by atoms with Crippen molar-refractivity contribution in [3.8, 4) is 0 Å². The third kappa shape index (κ3) is 5.10. The van der Waals surface area contributed by atoms with Gasteiger partial charge in [0.2, 0.25) is 0 Å². The van der Waals surface area contributed by atoms with Crippen molar-refractivity contribution in [2.45, 2.75) is 78.7 Å². The third-order valence-corrected chi connectivity index (χ3v) is 3.74. The fraction of sp³-hybridized carbons (Fsp3) is 0.765. The Labute approximate surface area is 124 Å². The molecule has 1 heterocycles. The molecular weight excluding hydrogens is 246 g/mol. The van der Waals surface area contributed by atoms with Crippen LogP contribution in [0.1, 0.15) is 72.0 Å². The van der Waals surface area contributed by atoms with E-state index in [1.54, 1.807) is 0 Å². The lowest BCUT2D eigenvalue weighted by Gasteiger charge is -2.33. The maximum Gasteiger partial charge on any atom is 0.132 e. The van der Waals surface area contributed by atoms with Crippen LogP contribution in [0.4, 0.5) is 5.82 Å². The Morgan fingerprint density at radius 2 is 1.75 bits per heavy atom. The number of hydrogen-bond acceptors (Lipinski definition) is 3. The molecule has 0 bridgehead atoms. The average Bonchev–Trinajstić information content (AvgIpc) is 2.48. The highest BCUT2D eigenvalue weighted by Crippen LogP contribution is 2.21. The second kappa shape index (κ2) is 9.73. The highest BCUT2D eigenvalue weighted by Gasteiger charge is 2.18. The molecule has 0 radical (unpaired) electrons. The standard InChI is InChI=1S/C17H31N3/c1-5-9-14-20(15(10-6-2)11-7-3)17-12-13-18-16(8-4)19-17/h12-13,15H,5-11,14H2,1-4H3. The Bertz CT molecular complexity index is 359. The second-order valence-electron chi connectivity index (χ2n) is 5.46. The highest BCUT2D eigenvalue weighted by atomic mass is 15.2. The SMILES string of the molecule is CCCCN(c1ccnc(CC)n1)C(CCC)CCC. The molecule has 0 saturated heterocycles. The van der Waals surface area contributed by atoms with Crippen molar-refractivity contribution < 1.29 is 0 Å². The number of aryl methyl sites for hydroxylation is 1. The monoisotopic (exact) mass is 277 g/mol. The Kier molecular flexibility index (Phi) is 8.24. The zero-order valence-electron chi connectivity index (χ0n) is 13.7. The molecule has 0 saturated carbocycles. The van der Waals surface area contributed by atoms with Gasteiger partial charge in [0.15, 0.2) is 0 Å². The largest absolute Gasteiger partial charge is 0.354 e. The van der Waals surface area contributed by atoms with E-state index < -0.39 is 0 Å². The summed E-state index contributed by atoms with van der Waals surface area (Å²) < 4.78 is 0. The van der Waals surface area contributed by atoms with Gasteiger partial charge in [0.25, 0.3) is 0 Å². The van der Waals surface area contributed by atoms with Gasteiger partial charge in [-0.2, -0.15) is 0 Å². The van der Waals surface area contributed by atoms with E-state index in [1.807, 2.05) is 6.20 Å². The molecule has 1 aromatic heterocycles. The molecule has 3 heteroatoms. The van der Waals surface area contributed by atoms with E-state index in [0.717, 1.165) is 24.6 Å². The van der Waals surface area contributed by atoms with Crippen molar-refractivity contribution >= 4 is 5.82 Å². The van der Waals surface area contributed by atoms with Gasteiger partial charge in [-0.1, -0.05) is 47.0 Å². The van der Waals surface area contributed by atoms with E-state index in [1.165, 1.54) is 38.5 Å². The first-order valence-electron chi connectivity index (χ1n) is 8.35. The molecule has 0 fully saturated rings.